The molecule has 0 fully saturated rings. The van der Waals surface area contributed by atoms with Crippen molar-refractivity contribution in [3.8, 4) is 0 Å². The summed E-state index contributed by atoms with van der Waals surface area (Å²) in [6.45, 7) is 0. The molecule has 0 unspecified atom stereocenters. The van der Waals surface area contributed by atoms with Gasteiger partial charge in [-0.25, -0.2) is 0 Å². The molecule has 3 heteroatoms. The summed E-state index contributed by atoms with van der Waals surface area (Å²) in [7, 11) is 1.50. The lowest BCUT2D eigenvalue weighted by Gasteiger charge is -1.84. The van der Waals surface area contributed by atoms with Crippen LogP contribution in [0, 0.1) is 0 Å². The quantitative estimate of drug-likeness (QED) is 0.398. The number of allylic oxidation sites excluding steroid dienone is 1. The minimum atomic E-state index is -0.267. The number of carbonyl (C=O) groups excluding carboxylic acids is 2. The molecule has 46 valence electrons. The zero-order chi connectivity index (χ0) is 6.41. The van der Waals surface area contributed by atoms with Crippen molar-refractivity contribution in [3.63, 3.8) is 0 Å². The van der Waals surface area contributed by atoms with Crippen LogP contribution in [0.4, 0.5) is 0 Å². The number of hydrogen-bond donors (Lipinski definition) is 1. The Bertz CT molecular complexity index is 122. The smallest absolute Gasteiger partial charge is 0.243 e. The van der Waals surface area contributed by atoms with Crippen molar-refractivity contribution in [2.24, 2.45) is 0 Å². The van der Waals surface area contributed by atoms with Crippen LogP contribution >= 0.6 is 0 Å². The van der Waals surface area contributed by atoms with Gasteiger partial charge in [-0.15, -0.1) is 0 Å². The van der Waals surface area contributed by atoms with E-state index in [1.807, 2.05) is 0 Å². The Morgan fingerprint density at radius 2 is 2.38 bits per heavy atom. The number of nitrogens with one attached hydrogen (secondary N) is 1. The van der Waals surface area contributed by atoms with Crippen LogP contribution in [0.2, 0.25) is 0 Å². The molecule has 0 bridgehead atoms. The highest BCUT2D eigenvalue weighted by molar-refractivity contribution is 5.90. The van der Waals surface area contributed by atoms with Gasteiger partial charge in [-0.05, 0) is 6.08 Å². The molecule has 0 aliphatic heterocycles. The van der Waals surface area contributed by atoms with Crippen LogP contribution in [0.5, 0.6) is 0 Å². The normalized spacial score (nSPS) is 9.12. The molecule has 0 rings (SSSR count). The first-order chi connectivity index (χ1) is 3.81. The van der Waals surface area contributed by atoms with Gasteiger partial charge in [0.15, 0.2) is 0 Å². The van der Waals surface area contributed by atoms with Crippen LogP contribution in [0.25, 0.3) is 0 Å². The Hall–Kier alpha value is -1.12. The van der Waals surface area contributed by atoms with Gasteiger partial charge < -0.3 is 5.32 Å². The van der Waals surface area contributed by atoms with Gasteiger partial charge in [0.05, 0.1) is 0 Å². The van der Waals surface area contributed by atoms with Gasteiger partial charge in [-0.1, -0.05) is 0 Å². The molecule has 0 spiro atoms. The van der Waals surface area contributed by atoms with Crippen molar-refractivity contribution in [1.29, 1.82) is 0 Å². The fraction of sp³-hybridized carbons (Fsp3) is 0.200. The van der Waals surface area contributed by atoms with Gasteiger partial charge in [0.1, 0.15) is 6.29 Å². The summed E-state index contributed by atoms with van der Waals surface area (Å²) in [4.78, 5) is 19.8. The minimum absolute atomic E-state index is 0. The maximum atomic E-state index is 10.2. The monoisotopic (exact) mass is 115 g/mol. The topological polar surface area (TPSA) is 46.2 Å². The van der Waals surface area contributed by atoms with Crippen LogP contribution in [-0.2, 0) is 9.59 Å². The Kier molecular flexibility index (Phi) is 3.48. The molecule has 0 aliphatic carbocycles. The van der Waals surface area contributed by atoms with Gasteiger partial charge >= 0.3 is 0 Å². The average molecular weight is 115 g/mol. The minimum Gasteiger partial charge on any atom is -0.356 e. The van der Waals surface area contributed by atoms with Crippen molar-refractivity contribution < 1.29 is 11.0 Å². The Morgan fingerprint density at radius 3 is 2.75 bits per heavy atom. The molecule has 1 amide bonds. The van der Waals surface area contributed by atoms with E-state index in [0.717, 1.165) is 12.2 Å². The fourth-order valence-corrected chi connectivity index (χ4v) is 0.210. The molecule has 0 aromatic heterocycles. The van der Waals surface area contributed by atoms with Gasteiger partial charge in [0.25, 0.3) is 0 Å². The molecule has 0 saturated carbocycles. The second kappa shape index (κ2) is 4.05. The third kappa shape index (κ3) is 3.08. The van der Waals surface area contributed by atoms with E-state index in [-0.39, 0.29) is 7.33 Å². The number of likely N-dealkylation sites (N-methyl/N-ethyl adjacent to an activating group) is 1. The maximum absolute atomic E-state index is 10.2. The summed E-state index contributed by atoms with van der Waals surface area (Å²) in [6.07, 6.45) is 2.85. The van der Waals surface area contributed by atoms with Crippen LogP contribution in [0.3, 0.4) is 0 Å². The first-order valence-corrected chi connectivity index (χ1v) is 2.15. The number of aldehydes is 1. The van der Waals surface area contributed by atoms with Gasteiger partial charge in [0, 0.05) is 14.6 Å². The van der Waals surface area contributed by atoms with Gasteiger partial charge in [0.2, 0.25) is 5.91 Å². The van der Waals surface area contributed by atoms with E-state index >= 15 is 0 Å². The van der Waals surface area contributed by atoms with Crippen LogP contribution < -0.4 is 5.32 Å². The lowest BCUT2D eigenvalue weighted by atomic mass is 10.5. The Labute approximate surface area is 48.9 Å². The maximum Gasteiger partial charge on any atom is 0.243 e. The van der Waals surface area contributed by atoms with Gasteiger partial charge in [-0.3, -0.25) is 9.59 Å². The van der Waals surface area contributed by atoms with Crippen LogP contribution in [0.15, 0.2) is 12.2 Å². The van der Waals surface area contributed by atoms with E-state index < -0.39 is 0 Å². The lowest BCUT2D eigenvalue weighted by molar-refractivity contribution is -0.116. The second-order valence-corrected chi connectivity index (χ2v) is 1.11. The van der Waals surface area contributed by atoms with E-state index in [1.54, 1.807) is 0 Å². The largest absolute Gasteiger partial charge is 0.356 e. The predicted octanol–water partition coefficient (Wildman–Crippen LogP) is -0.267. The van der Waals surface area contributed by atoms with Crippen molar-refractivity contribution in [2.45, 2.75) is 0 Å². The van der Waals surface area contributed by atoms with E-state index in [4.69, 9.17) is 0 Å². The number of carbonyl (C=O) groups is 2. The summed E-state index contributed by atoms with van der Waals surface area (Å²) < 4.78 is 0. The van der Waals surface area contributed by atoms with E-state index in [9.17, 15) is 9.59 Å². The summed E-state index contributed by atoms with van der Waals surface area (Å²) in [5.74, 6) is -0.267. The molecule has 8 heavy (non-hydrogen) atoms. The van der Waals surface area contributed by atoms with Crippen LogP contribution in [0.1, 0.15) is 1.43 Å². The first-order valence-electron chi connectivity index (χ1n) is 2.15. The van der Waals surface area contributed by atoms with Crippen molar-refractivity contribution >= 4 is 12.2 Å². The molecule has 0 aliphatic rings. The third-order valence-corrected chi connectivity index (χ3v) is 0.573. The van der Waals surface area contributed by atoms with Crippen LogP contribution in [-0.4, -0.2) is 19.2 Å². The summed E-state index contributed by atoms with van der Waals surface area (Å²) in [5.41, 5.74) is 0. The summed E-state index contributed by atoms with van der Waals surface area (Å²) in [6, 6.07) is 0. The van der Waals surface area contributed by atoms with E-state index in [2.05, 4.69) is 5.32 Å². The van der Waals surface area contributed by atoms with Crippen molar-refractivity contribution in [3.05, 3.63) is 12.2 Å². The molecular weight excluding hydrogens is 106 g/mol. The highest BCUT2D eigenvalue weighted by Crippen LogP contribution is 1.65. The molecule has 3 nitrogen and oxygen atoms in total. The highest BCUT2D eigenvalue weighted by Gasteiger charge is 1.83. The molecular formula is C5H9NO2. The number of amides is 1. The first kappa shape index (κ1) is 6.88. The Balaban J connectivity index is 0. The standard InChI is InChI=1S/C5H7NO2.H2/c1-6-5(8)3-2-4-7;/h2-4H,1H3,(H,6,8);1H/b3-2+;. The van der Waals surface area contributed by atoms with E-state index in [1.165, 1.54) is 7.05 Å². The van der Waals surface area contributed by atoms with Crippen molar-refractivity contribution in [1.82, 2.24) is 5.32 Å². The second-order valence-electron chi connectivity index (χ2n) is 1.11. The zero-order valence-electron chi connectivity index (χ0n) is 4.55. The molecule has 0 radical (unpaired) electrons. The predicted molar refractivity (Wildman–Crippen MR) is 31.4 cm³/mol. The summed E-state index contributed by atoms with van der Waals surface area (Å²) >= 11 is 0. The Morgan fingerprint density at radius 1 is 1.75 bits per heavy atom. The molecule has 0 saturated heterocycles. The molecule has 0 aromatic rings. The number of hydrogen-bond acceptors (Lipinski definition) is 2. The molecule has 1 N–H and O–H groups in total. The SMILES string of the molecule is CNC(=O)/C=C/C=O.[HH]. The third-order valence-electron chi connectivity index (χ3n) is 0.573. The molecule has 0 aromatic carbocycles. The number of rotatable bonds is 2. The van der Waals surface area contributed by atoms with Gasteiger partial charge in [-0.2, -0.15) is 0 Å². The molecule has 0 heterocycles. The molecule has 0 atom stereocenters. The summed E-state index contributed by atoms with van der Waals surface area (Å²) in [5, 5.41) is 2.32. The lowest BCUT2D eigenvalue weighted by Crippen LogP contribution is -2.13. The van der Waals surface area contributed by atoms with E-state index in [0.29, 0.717) is 6.29 Å². The zero-order valence-corrected chi connectivity index (χ0v) is 4.55. The fourth-order valence-electron chi connectivity index (χ4n) is 0.210. The highest BCUT2D eigenvalue weighted by atomic mass is 16.1. The average Bonchev–Trinajstić information content (AvgIpc) is 1.83. The van der Waals surface area contributed by atoms with Crippen molar-refractivity contribution in [2.75, 3.05) is 7.05 Å².